The number of hydrogen-bond acceptors (Lipinski definition) is 3. The number of aliphatic hydroxyl groups excluding tert-OH is 1. The summed E-state index contributed by atoms with van der Waals surface area (Å²) < 4.78 is 0. The fraction of sp³-hybridized carbons (Fsp3) is 0.625. The van der Waals surface area contributed by atoms with Gasteiger partial charge in [-0.3, -0.25) is 4.90 Å². The molecule has 0 aliphatic carbocycles. The lowest BCUT2D eigenvalue weighted by atomic mass is 9.99. The van der Waals surface area contributed by atoms with Gasteiger partial charge >= 0.3 is 0 Å². The molecule has 2 atom stereocenters. The first-order chi connectivity index (χ1) is 9.60. The van der Waals surface area contributed by atoms with Crippen LogP contribution >= 0.6 is 11.6 Å². The molecular formula is C16H25ClN2O. The highest BCUT2D eigenvalue weighted by molar-refractivity contribution is 6.31. The molecule has 1 aromatic carbocycles. The van der Waals surface area contributed by atoms with Gasteiger partial charge in [0, 0.05) is 36.7 Å². The lowest BCUT2D eigenvalue weighted by molar-refractivity contribution is 0.0700. The lowest BCUT2D eigenvalue weighted by Crippen LogP contribution is -2.57. The zero-order chi connectivity index (χ0) is 14.5. The van der Waals surface area contributed by atoms with E-state index < -0.39 is 0 Å². The third kappa shape index (κ3) is 4.19. The topological polar surface area (TPSA) is 35.5 Å². The molecule has 2 unspecified atom stereocenters. The number of benzene rings is 1. The fourth-order valence-electron chi connectivity index (χ4n) is 2.87. The molecule has 2 N–H and O–H groups in total. The molecule has 4 heteroatoms. The molecule has 0 spiro atoms. The highest BCUT2D eigenvalue weighted by Crippen LogP contribution is 2.21. The summed E-state index contributed by atoms with van der Waals surface area (Å²) >= 11 is 6.25. The van der Waals surface area contributed by atoms with Crippen LogP contribution in [0.1, 0.15) is 25.8 Å². The van der Waals surface area contributed by atoms with Gasteiger partial charge in [0.2, 0.25) is 0 Å². The van der Waals surface area contributed by atoms with Crippen LogP contribution in [0.4, 0.5) is 0 Å². The predicted octanol–water partition coefficient (Wildman–Crippen LogP) is 2.52. The second-order valence-electron chi connectivity index (χ2n) is 6.09. The minimum Gasteiger partial charge on any atom is -0.395 e. The largest absolute Gasteiger partial charge is 0.395 e. The molecule has 0 saturated carbocycles. The first kappa shape index (κ1) is 15.8. The quantitative estimate of drug-likeness (QED) is 0.876. The van der Waals surface area contributed by atoms with Crippen LogP contribution in [0, 0.1) is 5.92 Å². The van der Waals surface area contributed by atoms with E-state index in [9.17, 15) is 5.11 Å². The van der Waals surface area contributed by atoms with Gasteiger partial charge < -0.3 is 10.4 Å². The van der Waals surface area contributed by atoms with Crippen molar-refractivity contribution in [3.05, 3.63) is 34.9 Å². The minimum atomic E-state index is 0.176. The summed E-state index contributed by atoms with van der Waals surface area (Å²) in [5, 5.41) is 13.9. The molecule has 0 aromatic heterocycles. The van der Waals surface area contributed by atoms with Crippen molar-refractivity contribution in [2.45, 2.75) is 38.9 Å². The summed E-state index contributed by atoms with van der Waals surface area (Å²) in [5.41, 5.74) is 1.14. The standard InChI is InChI=1S/C16H25ClN2O/c1-12(2)7-14-10-19(15(11-20)8-18-14)9-13-5-3-4-6-16(13)17/h3-6,12,14-15,18,20H,7-11H2,1-2H3. The number of rotatable bonds is 5. The molecule has 1 saturated heterocycles. The van der Waals surface area contributed by atoms with Crippen LogP contribution in [0.25, 0.3) is 0 Å². The zero-order valence-corrected chi connectivity index (χ0v) is 13.1. The van der Waals surface area contributed by atoms with E-state index in [4.69, 9.17) is 11.6 Å². The van der Waals surface area contributed by atoms with Crippen molar-refractivity contribution >= 4 is 11.6 Å². The van der Waals surface area contributed by atoms with Crippen molar-refractivity contribution in [3.8, 4) is 0 Å². The van der Waals surface area contributed by atoms with Crippen LogP contribution in [0.3, 0.4) is 0 Å². The molecule has 112 valence electrons. The Morgan fingerprint density at radius 3 is 2.80 bits per heavy atom. The molecular weight excluding hydrogens is 272 g/mol. The third-order valence-corrected chi connectivity index (χ3v) is 4.28. The second-order valence-corrected chi connectivity index (χ2v) is 6.50. The van der Waals surface area contributed by atoms with Crippen LogP contribution < -0.4 is 5.32 Å². The van der Waals surface area contributed by atoms with E-state index in [0.717, 1.165) is 36.6 Å². The summed E-state index contributed by atoms with van der Waals surface area (Å²) in [6.45, 7) is 7.30. The van der Waals surface area contributed by atoms with Crippen molar-refractivity contribution in [3.63, 3.8) is 0 Å². The smallest absolute Gasteiger partial charge is 0.0599 e. The molecule has 0 amide bonds. The first-order valence-electron chi connectivity index (χ1n) is 7.41. The minimum absolute atomic E-state index is 0.176. The number of nitrogens with one attached hydrogen (secondary N) is 1. The van der Waals surface area contributed by atoms with Gasteiger partial charge in [0.05, 0.1) is 6.61 Å². The van der Waals surface area contributed by atoms with E-state index in [1.807, 2.05) is 18.2 Å². The summed E-state index contributed by atoms with van der Waals surface area (Å²) in [4.78, 5) is 2.35. The number of nitrogens with zero attached hydrogens (tertiary/aromatic N) is 1. The Balaban J connectivity index is 2.03. The van der Waals surface area contributed by atoms with Gasteiger partial charge in [0.15, 0.2) is 0 Å². The summed E-state index contributed by atoms with van der Waals surface area (Å²) in [7, 11) is 0. The Bertz CT molecular complexity index is 425. The van der Waals surface area contributed by atoms with Crippen molar-refractivity contribution in [1.82, 2.24) is 10.2 Å². The molecule has 0 radical (unpaired) electrons. The zero-order valence-electron chi connectivity index (χ0n) is 12.3. The molecule has 2 rings (SSSR count). The highest BCUT2D eigenvalue weighted by Gasteiger charge is 2.27. The molecule has 1 aliphatic rings. The average Bonchev–Trinajstić information content (AvgIpc) is 2.41. The van der Waals surface area contributed by atoms with E-state index in [2.05, 4.69) is 30.1 Å². The van der Waals surface area contributed by atoms with Gasteiger partial charge in [-0.2, -0.15) is 0 Å². The van der Waals surface area contributed by atoms with Crippen LogP contribution in [-0.4, -0.2) is 41.8 Å². The molecule has 1 aromatic rings. The maximum Gasteiger partial charge on any atom is 0.0599 e. The fourth-order valence-corrected chi connectivity index (χ4v) is 3.07. The molecule has 20 heavy (non-hydrogen) atoms. The van der Waals surface area contributed by atoms with Gasteiger partial charge in [-0.15, -0.1) is 0 Å². The monoisotopic (exact) mass is 296 g/mol. The van der Waals surface area contributed by atoms with Gasteiger partial charge in [0.25, 0.3) is 0 Å². The maximum absolute atomic E-state index is 9.56. The molecule has 3 nitrogen and oxygen atoms in total. The van der Waals surface area contributed by atoms with Crippen LogP contribution in [0.2, 0.25) is 5.02 Å². The Morgan fingerprint density at radius 2 is 2.15 bits per heavy atom. The van der Waals surface area contributed by atoms with Gasteiger partial charge in [-0.1, -0.05) is 43.6 Å². The summed E-state index contributed by atoms with van der Waals surface area (Å²) in [6.07, 6.45) is 1.16. The van der Waals surface area contributed by atoms with Gasteiger partial charge in [0.1, 0.15) is 0 Å². The summed E-state index contributed by atoms with van der Waals surface area (Å²) in [5.74, 6) is 0.681. The van der Waals surface area contributed by atoms with Crippen LogP contribution in [0.15, 0.2) is 24.3 Å². The third-order valence-electron chi connectivity index (χ3n) is 3.91. The summed E-state index contributed by atoms with van der Waals surface area (Å²) in [6, 6.07) is 8.64. The van der Waals surface area contributed by atoms with E-state index >= 15 is 0 Å². The van der Waals surface area contributed by atoms with Crippen molar-refractivity contribution in [1.29, 1.82) is 0 Å². The Hall–Kier alpha value is -0.610. The number of hydrogen-bond donors (Lipinski definition) is 2. The van der Waals surface area contributed by atoms with Gasteiger partial charge in [-0.05, 0) is 24.0 Å². The van der Waals surface area contributed by atoms with E-state index in [-0.39, 0.29) is 12.6 Å². The Kier molecular flexibility index (Phi) is 5.85. The molecule has 0 bridgehead atoms. The predicted molar refractivity (Wildman–Crippen MR) is 84.0 cm³/mol. The van der Waals surface area contributed by atoms with E-state index in [1.165, 1.54) is 0 Å². The van der Waals surface area contributed by atoms with Crippen LogP contribution in [0.5, 0.6) is 0 Å². The SMILES string of the molecule is CC(C)CC1CN(Cc2ccccc2Cl)C(CO)CN1. The van der Waals surface area contributed by atoms with Crippen molar-refractivity contribution in [2.24, 2.45) is 5.92 Å². The number of piperazine rings is 1. The Morgan fingerprint density at radius 1 is 1.40 bits per heavy atom. The molecule has 1 aliphatic heterocycles. The van der Waals surface area contributed by atoms with Gasteiger partial charge in [-0.25, -0.2) is 0 Å². The van der Waals surface area contributed by atoms with E-state index in [1.54, 1.807) is 0 Å². The van der Waals surface area contributed by atoms with E-state index in [0.29, 0.717) is 12.0 Å². The molecule has 1 heterocycles. The lowest BCUT2D eigenvalue weighted by Gasteiger charge is -2.40. The molecule has 1 fully saturated rings. The maximum atomic E-state index is 9.56. The normalized spacial score (nSPS) is 24.2. The van der Waals surface area contributed by atoms with Crippen molar-refractivity contribution in [2.75, 3.05) is 19.7 Å². The average molecular weight is 297 g/mol. The van der Waals surface area contributed by atoms with Crippen molar-refractivity contribution < 1.29 is 5.11 Å². The number of halogens is 1. The Labute approximate surface area is 126 Å². The van der Waals surface area contributed by atoms with Crippen LogP contribution in [-0.2, 0) is 6.54 Å². The second kappa shape index (κ2) is 7.41. The first-order valence-corrected chi connectivity index (χ1v) is 7.79. The number of aliphatic hydroxyl groups is 1. The highest BCUT2D eigenvalue weighted by atomic mass is 35.5.